The van der Waals surface area contributed by atoms with Gasteiger partial charge in [-0.05, 0) is 19.2 Å². The van der Waals surface area contributed by atoms with Crippen LogP contribution in [0.15, 0.2) is 36.4 Å². The van der Waals surface area contributed by atoms with E-state index in [9.17, 15) is 4.79 Å². The third-order valence-corrected chi connectivity index (χ3v) is 3.23. The van der Waals surface area contributed by atoms with E-state index < -0.39 is 12.1 Å². The first-order valence-electron chi connectivity index (χ1n) is 6.56. The zero-order valence-corrected chi connectivity index (χ0v) is 11.9. The maximum absolute atomic E-state index is 11.6. The molecular weight excluding hydrogens is 254 g/mol. The number of carbonyl (C=O) groups excluding carboxylic acids is 1. The molecule has 0 aromatic heterocycles. The molecule has 2 aromatic rings. The van der Waals surface area contributed by atoms with Crippen molar-refractivity contribution in [3.8, 4) is 5.75 Å². The summed E-state index contributed by atoms with van der Waals surface area (Å²) in [5.74, 6) is 0.240. The van der Waals surface area contributed by atoms with E-state index in [2.05, 4.69) is 0 Å². The van der Waals surface area contributed by atoms with Crippen molar-refractivity contribution >= 4 is 16.7 Å². The van der Waals surface area contributed by atoms with Gasteiger partial charge in [0.1, 0.15) is 5.75 Å². The van der Waals surface area contributed by atoms with Crippen molar-refractivity contribution in [3.05, 3.63) is 42.0 Å². The molecule has 0 saturated carbocycles. The van der Waals surface area contributed by atoms with Crippen LogP contribution < -0.4 is 10.5 Å². The normalized spacial score (nSPS) is 13.8. The molecule has 0 aliphatic heterocycles. The first-order valence-corrected chi connectivity index (χ1v) is 6.56. The van der Waals surface area contributed by atoms with Gasteiger partial charge in [-0.1, -0.05) is 36.4 Å². The zero-order chi connectivity index (χ0) is 14.7. The number of carbonyl (C=O) groups is 1. The SMILES string of the molecule is COC(=O)C(C)Oc1c([C@H](C)N)ccc2ccccc12. The fourth-order valence-electron chi connectivity index (χ4n) is 2.14. The van der Waals surface area contributed by atoms with Crippen molar-refractivity contribution in [1.82, 2.24) is 0 Å². The van der Waals surface area contributed by atoms with Crippen LogP contribution in [0.25, 0.3) is 10.8 Å². The van der Waals surface area contributed by atoms with Gasteiger partial charge in [0.15, 0.2) is 6.10 Å². The molecule has 4 heteroatoms. The summed E-state index contributed by atoms with van der Waals surface area (Å²) < 4.78 is 10.5. The number of methoxy groups -OCH3 is 1. The summed E-state index contributed by atoms with van der Waals surface area (Å²) in [6.45, 7) is 3.55. The minimum absolute atomic E-state index is 0.181. The van der Waals surface area contributed by atoms with Crippen LogP contribution in [0.5, 0.6) is 5.75 Å². The first-order chi connectivity index (χ1) is 9.54. The molecule has 0 saturated heterocycles. The predicted octanol–water partition coefficient (Wildman–Crippen LogP) is 2.80. The number of ether oxygens (including phenoxy) is 2. The Morgan fingerprint density at radius 2 is 1.85 bits per heavy atom. The molecule has 106 valence electrons. The van der Waals surface area contributed by atoms with E-state index in [1.807, 2.05) is 43.3 Å². The number of esters is 1. The minimum atomic E-state index is -0.677. The summed E-state index contributed by atoms with van der Waals surface area (Å²) in [6.07, 6.45) is -0.677. The van der Waals surface area contributed by atoms with Crippen molar-refractivity contribution in [1.29, 1.82) is 0 Å². The molecule has 0 radical (unpaired) electrons. The predicted molar refractivity (Wildman–Crippen MR) is 78.7 cm³/mol. The molecule has 0 aliphatic carbocycles. The van der Waals surface area contributed by atoms with E-state index in [-0.39, 0.29) is 6.04 Å². The maximum atomic E-state index is 11.6. The van der Waals surface area contributed by atoms with Gasteiger partial charge in [-0.15, -0.1) is 0 Å². The van der Waals surface area contributed by atoms with Crippen LogP contribution in [0.2, 0.25) is 0 Å². The Labute approximate surface area is 118 Å². The van der Waals surface area contributed by atoms with Crippen molar-refractivity contribution in [2.75, 3.05) is 7.11 Å². The molecule has 0 bridgehead atoms. The van der Waals surface area contributed by atoms with Crippen LogP contribution >= 0.6 is 0 Å². The average Bonchev–Trinajstić information content (AvgIpc) is 2.46. The lowest BCUT2D eigenvalue weighted by molar-refractivity contribution is -0.147. The Kier molecular flexibility index (Phi) is 4.25. The molecule has 0 spiro atoms. The van der Waals surface area contributed by atoms with E-state index in [0.717, 1.165) is 16.3 Å². The highest BCUT2D eigenvalue weighted by atomic mass is 16.6. The largest absolute Gasteiger partial charge is 0.478 e. The average molecular weight is 273 g/mol. The van der Waals surface area contributed by atoms with E-state index in [0.29, 0.717) is 5.75 Å². The molecule has 2 N–H and O–H groups in total. The van der Waals surface area contributed by atoms with E-state index in [1.54, 1.807) is 6.92 Å². The van der Waals surface area contributed by atoms with Crippen molar-refractivity contribution in [2.45, 2.75) is 26.0 Å². The molecule has 1 unspecified atom stereocenters. The number of benzene rings is 2. The van der Waals surface area contributed by atoms with Gasteiger partial charge >= 0.3 is 5.97 Å². The van der Waals surface area contributed by atoms with Crippen LogP contribution in [-0.2, 0) is 9.53 Å². The van der Waals surface area contributed by atoms with E-state index >= 15 is 0 Å². The Morgan fingerprint density at radius 3 is 2.50 bits per heavy atom. The van der Waals surface area contributed by atoms with Gasteiger partial charge in [0.2, 0.25) is 0 Å². The highest BCUT2D eigenvalue weighted by Gasteiger charge is 2.19. The molecule has 0 aliphatic rings. The summed E-state index contributed by atoms with van der Waals surface area (Å²) in [4.78, 5) is 11.6. The second-order valence-electron chi connectivity index (χ2n) is 4.78. The van der Waals surface area contributed by atoms with Gasteiger partial charge in [0.05, 0.1) is 7.11 Å². The lowest BCUT2D eigenvalue weighted by atomic mass is 10.0. The third-order valence-electron chi connectivity index (χ3n) is 3.23. The van der Waals surface area contributed by atoms with Gasteiger partial charge in [-0.3, -0.25) is 0 Å². The van der Waals surface area contributed by atoms with E-state index in [1.165, 1.54) is 7.11 Å². The molecule has 0 amide bonds. The summed E-state index contributed by atoms with van der Waals surface area (Å²) in [5.41, 5.74) is 6.87. The molecule has 2 aromatic carbocycles. The van der Waals surface area contributed by atoms with Crippen molar-refractivity contribution in [3.63, 3.8) is 0 Å². The van der Waals surface area contributed by atoms with Crippen LogP contribution in [0.1, 0.15) is 25.5 Å². The molecule has 2 atom stereocenters. The molecule has 2 rings (SSSR count). The topological polar surface area (TPSA) is 61.5 Å². The van der Waals surface area contributed by atoms with Crippen LogP contribution in [0.4, 0.5) is 0 Å². The summed E-state index contributed by atoms with van der Waals surface area (Å²) >= 11 is 0. The van der Waals surface area contributed by atoms with Gasteiger partial charge in [-0.2, -0.15) is 0 Å². The number of hydrogen-bond donors (Lipinski definition) is 1. The van der Waals surface area contributed by atoms with Gasteiger partial charge in [0, 0.05) is 17.0 Å². The van der Waals surface area contributed by atoms with Crippen LogP contribution in [0.3, 0.4) is 0 Å². The Bertz CT molecular complexity index is 622. The maximum Gasteiger partial charge on any atom is 0.346 e. The Morgan fingerprint density at radius 1 is 1.15 bits per heavy atom. The van der Waals surface area contributed by atoms with Crippen LogP contribution in [0, 0.1) is 0 Å². The number of fused-ring (bicyclic) bond motifs is 1. The fourth-order valence-corrected chi connectivity index (χ4v) is 2.14. The van der Waals surface area contributed by atoms with Crippen molar-refractivity contribution in [2.24, 2.45) is 5.73 Å². The van der Waals surface area contributed by atoms with E-state index in [4.69, 9.17) is 15.2 Å². The van der Waals surface area contributed by atoms with Crippen LogP contribution in [-0.4, -0.2) is 19.2 Å². The highest BCUT2D eigenvalue weighted by molar-refractivity contribution is 5.90. The molecule has 20 heavy (non-hydrogen) atoms. The summed E-state index contributed by atoms with van der Waals surface area (Å²) in [5, 5.41) is 1.99. The number of rotatable bonds is 4. The highest BCUT2D eigenvalue weighted by Crippen LogP contribution is 2.33. The molecular formula is C16H19NO3. The summed E-state index contributed by atoms with van der Waals surface area (Å²) in [6, 6.07) is 11.6. The minimum Gasteiger partial charge on any atom is -0.478 e. The number of nitrogens with two attached hydrogens (primary N) is 1. The third kappa shape index (κ3) is 2.75. The lowest BCUT2D eigenvalue weighted by Gasteiger charge is -2.19. The second-order valence-corrected chi connectivity index (χ2v) is 4.78. The van der Waals surface area contributed by atoms with Gasteiger partial charge < -0.3 is 15.2 Å². The molecule has 4 nitrogen and oxygen atoms in total. The first kappa shape index (κ1) is 14.3. The van der Waals surface area contributed by atoms with Gasteiger partial charge in [-0.25, -0.2) is 4.79 Å². The number of hydrogen-bond acceptors (Lipinski definition) is 4. The Balaban J connectivity index is 2.52. The standard InChI is InChI=1S/C16H19NO3/c1-10(17)13-9-8-12-6-4-5-7-14(12)15(13)20-11(2)16(18)19-3/h4-11H,17H2,1-3H3/t10-,11?/m0/s1. The smallest absolute Gasteiger partial charge is 0.346 e. The second kappa shape index (κ2) is 5.92. The molecule has 0 fully saturated rings. The fraction of sp³-hybridized carbons (Fsp3) is 0.312. The zero-order valence-electron chi connectivity index (χ0n) is 11.9. The summed E-state index contributed by atoms with van der Waals surface area (Å²) in [7, 11) is 1.35. The monoisotopic (exact) mass is 273 g/mol. The molecule has 0 heterocycles. The Hall–Kier alpha value is -2.07. The lowest BCUT2D eigenvalue weighted by Crippen LogP contribution is -2.26. The van der Waals surface area contributed by atoms with Gasteiger partial charge in [0.25, 0.3) is 0 Å². The van der Waals surface area contributed by atoms with Crippen molar-refractivity contribution < 1.29 is 14.3 Å². The quantitative estimate of drug-likeness (QED) is 0.870.